The first-order chi connectivity index (χ1) is 9.70. The molecule has 2 fully saturated rings. The zero-order valence-electron chi connectivity index (χ0n) is 12.6. The number of aliphatic hydroxyl groups excluding tert-OH is 2. The van der Waals surface area contributed by atoms with Crippen LogP contribution in [0.3, 0.4) is 0 Å². The molecule has 18 heavy (non-hydrogen) atoms. The maximum atomic E-state index is 11.9. The first-order valence-corrected chi connectivity index (χ1v) is 5.85. The number of hydrogen-bond donors (Lipinski definition) is 3. The van der Waals surface area contributed by atoms with E-state index in [0.717, 1.165) is 6.20 Å². The minimum absolute atomic E-state index is 0.0782. The summed E-state index contributed by atoms with van der Waals surface area (Å²) < 4.78 is 23.2. The lowest BCUT2D eigenvalue weighted by molar-refractivity contribution is 0.0599. The molecule has 0 saturated heterocycles. The molecule has 1 heterocycles. The van der Waals surface area contributed by atoms with Crippen molar-refractivity contribution in [3.63, 3.8) is 0 Å². The van der Waals surface area contributed by atoms with Crippen LogP contribution in [0.25, 0.3) is 0 Å². The highest BCUT2D eigenvalue weighted by molar-refractivity contribution is 5.17. The van der Waals surface area contributed by atoms with Gasteiger partial charge in [0.25, 0.3) is 5.56 Å². The van der Waals surface area contributed by atoms with E-state index in [1.165, 1.54) is 4.57 Å². The molecule has 3 N–H and O–H groups in total. The van der Waals surface area contributed by atoms with E-state index in [1.807, 2.05) is 4.98 Å². The van der Waals surface area contributed by atoms with Gasteiger partial charge in [0.05, 0.1) is 12.7 Å². The van der Waals surface area contributed by atoms with Crippen molar-refractivity contribution in [3.05, 3.63) is 32.6 Å². The van der Waals surface area contributed by atoms with Crippen molar-refractivity contribution in [2.24, 2.45) is 11.3 Å². The Balaban J connectivity index is 2.05. The summed E-state index contributed by atoms with van der Waals surface area (Å²) in [6, 6.07) is -0.405. The summed E-state index contributed by atoms with van der Waals surface area (Å²) >= 11 is 0. The molecule has 2 aliphatic rings. The standard InChI is InChI=1S/C12H16N2O4/c1-6-4-14(11(18)13-10(6)17)8-2-9(16)12(5-15)3-7(8)12/h4,7-9,15-16H,2-3,5H2,1H3,(H,13,17,18)/t7-,8+,9+,12+/m1/s1/i1D3. The number of nitrogens with one attached hydrogen (secondary N) is 1. The summed E-state index contributed by atoms with van der Waals surface area (Å²) in [5, 5.41) is 19.4. The lowest BCUT2D eigenvalue weighted by Gasteiger charge is -2.17. The van der Waals surface area contributed by atoms with Crippen LogP contribution in [0.1, 0.15) is 28.6 Å². The van der Waals surface area contributed by atoms with Crippen LogP contribution >= 0.6 is 0 Å². The average Bonchev–Trinajstić information content (AvgIpc) is 3.04. The Morgan fingerprint density at radius 1 is 1.67 bits per heavy atom. The third kappa shape index (κ3) is 1.36. The highest BCUT2D eigenvalue weighted by Crippen LogP contribution is 2.66. The number of nitrogens with zero attached hydrogens (tertiary/aromatic N) is 1. The average molecular weight is 255 g/mol. The van der Waals surface area contributed by atoms with Gasteiger partial charge in [0, 0.05) is 27.3 Å². The molecule has 1 aromatic rings. The summed E-state index contributed by atoms with van der Waals surface area (Å²) in [5.41, 5.74) is -2.64. The number of aliphatic hydroxyl groups is 2. The fourth-order valence-electron chi connectivity index (χ4n) is 3.21. The highest BCUT2D eigenvalue weighted by Gasteiger charge is 2.67. The van der Waals surface area contributed by atoms with Gasteiger partial charge in [-0.2, -0.15) is 0 Å². The maximum absolute atomic E-state index is 11.9. The number of hydrogen-bond acceptors (Lipinski definition) is 4. The number of aromatic amines is 1. The molecule has 2 aliphatic carbocycles. The summed E-state index contributed by atoms with van der Waals surface area (Å²) in [7, 11) is 0. The smallest absolute Gasteiger partial charge is 0.328 e. The van der Waals surface area contributed by atoms with Gasteiger partial charge in [0.1, 0.15) is 0 Å². The van der Waals surface area contributed by atoms with Crippen molar-refractivity contribution in [1.82, 2.24) is 9.55 Å². The number of aryl methyl sites for hydroxylation is 1. The van der Waals surface area contributed by atoms with E-state index in [9.17, 15) is 19.8 Å². The first kappa shape index (κ1) is 8.66. The van der Waals surface area contributed by atoms with Crippen molar-refractivity contribution in [2.75, 3.05) is 6.61 Å². The quantitative estimate of drug-likeness (QED) is 0.641. The summed E-state index contributed by atoms with van der Waals surface area (Å²) in [4.78, 5) is 25.6. The lowest BCUT2D eigenvalue weighted by Crippen LogP contribution is -2.33. The summed E-state index contributed by atoms with van der Waals surface area (Å²) in [5.74, 6) is -0.0782. The van der Waals surface area contributed by atoms with Gasteiger partial charge in [-0.15, -0.1) is 0 Å². The molecule has 98 valence electrons. The minimum atomic E-state index is -2.61. The Hall–Kier alpha value is -1.40. The van der Waals surface area contributed by atoms with Gasteiger partial charge in [-0.3, -0.25) is 14.3 Å². The maximum Gasteiger partial charge on any atom is 0.328 e. The van der Waals surface area contributed by atoms with Crippen molar-refractivity contribution < 1.29 is 14.3 Å². The Labute approximate surface area is 107 Å². The van der Waals surface area contributed by atoms with E-state index in [-0.39, 0.29) is 18.9 Å². The van der Waals surface area contributed by atoms with Crippen LogP contribution < -0.4 is 11.2 Å². The van der Waals surface area contributed by atoms with Crippen LogP contribution in [0.2, 0.25) is 0 Å². The van der Waals surface area contributed by atoms with Gasteiger partial charge < -0.3 is 10.2 Å². The van der Waals surface area contributed by atoms with Crippen LogP contribution in [0, 0.1) is 18.2 Å². The Bertz CT molecular complexity index is 695. The van der Waals surface area contributed by atoms with Crippen LogP contribution in [0.4, 0.5) is 0 Å². The van der Waals surface area contributed by atoms with Crippen molar-refractivity contribution in [2.45, 2.75) is 31.8 Å². The Morgan fingerprint density at radius 2 is 2.44 bits per heavy atom. The molecule has 6 heteroatoms. The lowest BCUT2D eigenvalue weighted by atomic mass is 10.0. The molecule has 0 aliphatic heterocycles. The fourth-order valence-corrected chi connectivity index (χ4v) is 3.21. The number of H-pyrrole nitrogens is 1. The second-order valence-electron chi connectivity index (χ2n) is 5.23. The minimum Gasteiger partial charge on any atom is -0.396 e. The molecule has 2 saturated carbocycles. The monoisotopic (exact) mass is 255 g/mol. The summed E-state index contributed by atoms with van der Waals surface area (Å²) in [6.07, 6.45) is 1.19. The molecular formula is C12H16N2O4. The third-order valence-corrected chi connectivity index (χ3v) is 4.39. The van der Waals surface area contributed by atoms with Crippen LogP contribution in [-0.2, 0) is 0 Å². The molecule has 0 spiro atoms. The highest BCUT2D eigenvalue weighted by atomic mass is 16.3. The third-order valence-electron chi connectivity index (χ3n) is 4.39. The molecule has 0 unspecified atom stereocenters. The number of aromatic nitrogens is 2. The molecule has 0 aromatic carbocycles. The molecule has 4 atom stereocenters. The van der Waals surface area contributed by atoms with Crippen LogP contribution in [0.5, 0.6) is 0 Å². The van der Waals surface area contributed by atoms with Gasteiger partial charge in [0.2, 0.25) is 0 Å². The van der Waals surface area contributed by atoms with Gasteiger partial charge in [0.15, 0.2) is 0 Å². The fraction of sp³-hybridized carbons (Fsp3) is 0.667. The predicted molar refractivity (Wildman–Crippen MR) is 63.3 cm³/mol. The zero-order valence-corrected chi connectivity index (χ0v) is 9.59. The number of rotatable bonds is 2. The van der Waals surface area contributed by atoms with Gasteiger partial charge in [-0.25, -0.2) is 4.79 Å². The van der Waals surface area contributed by atoms with E-state index in [1.54, 1.807) is 0 Å². The van der Waals surface area contributed by atoms with Crippen LogP contribution in [-0.4, -0.2) is 32.5 Å². The Morgan fingerprint density at radius 3 is 3.00 bits per heavy atom. The molecule has 3 rings (SSSR count). The Kier molecular flexibility index (Phi) is 1.71. The molecule has 0 bridgehead atoms. The zero-order chi connectivity index (χ0) is 15.6. The van der Waals surface area contributed by atoms with Gasteiger partial charge in [-0.05, 0) is 25.6 Å². The topological polar surface area (TPSA) is 95.3 Å². The SMILES string of the molecule is [2H]C([2H])([2H])c1cn([C@H]2C[C@H](O)[C@]3(CO)C[C@H]23)c(=O)[nH]c1=O. The predicted octanol–water partition coefficient (Wildman–Crippen LogP) is -0.851. The molecule has 1 aromatic heterocycles. The second-order valence-corrected chi connectivity index (χ2v) is 5.23. The first-order valence-electron chi connectivity index (χ1n) is 7.35. The normalized spacial score (nSPS) is 40.8. The molecule has 0 radical (unpaired) electrons. The number of fused-ring (bicyclic) bond motifs is 1. The van der Waals surface area contributed by atoms with E-state index >= 15 is 0 Å². The largest absolute Gasteiger partial charge is 0.396 e. The molecule has 0 amide bonds. The van der Waals surface area contributed by atoms with Crippen molar-refractivity contribution in [3.8, 4) is 0 Å². The second kappa shape index (κ2) is 3.55. The van der Waals surface area contributed by atoms with E-state index in [2.05, 4.69) is 0 Å². The van der Waals surface area contributed by atoms with Gasteiger partial charge >= 0.3 is 5.69 Å². The van der Waals surface area contributed by atoms with Crippen molar-refractivity contribution in [1.29, 1.82) is 0 Å². The van der Waals surface area contributed by atoms with E-state index in [0.29, 0.717) is 6.42 Å². The van der Waals surface area contributed by atoms with Gasteiger partial charge in [-0.1, -0.05) is 0 Å². The van der Waals surface area contributed by atoms with Crippen molar-refractivity contribution >= 4 is 0 Å². The molecular weight excluding hydrogens is 236 g/mol. The van der Waals surface area contributed by atoms with E-state index < -0.39 is 41.2 Å². The van der Waals surface area contributed by atoms with E-state index in [4.69, 9.17) is 4.11 Å². The molecule has 6 nitrogen and oxygen atoms in total. The van der Waals surface area contributed by atoms with Crippen LogP contribution in [0.15, 0.2) is 15.8 Å². The summed E-state index contributed by atoms with van der Waals surface area (Å²) in [6.45, 7) is -2.78.